The Bertz CT molecular complexity index is 642. The number of aryl methyl sites for hydroxylation is 1. The molecule has 2 N–H and O–H groups in total. The molecule has 0 aromatic carbocycles. The summed E-state index contributed by atoms with van der Waals surface area (Å²) < 4.78 is 0. The van der Waals surface area contributed by atoms with Crippen LogP contribution in [0.15, 0.2) is 6.07 Å². The summed E-state index contributed by atoms with van der Waals surface area (Å²) in [6.07, 6.45) is 6.79. The van der Waals surface area contributed by atoms with E-state index in [-0.39, 0.29) is 11.8 Å². The van der Waals surface area contributed by atoms with Gasteiger partial charge in [0.2, 0.25) is 11.9 Å². The van der Waals surface area contributed by atoms with Crippen molar-refractivity contribution in [1.29, 1.82) is 0 Å². The number of hydrogen-bond donors (Lipinski definition) is 2. The maximum Gasteiger partial charge on any atom is 0.273 e. The third-order valence-corrected chi connectivity index (χ3v) is 5.17. The van der Waals surface area contributed by atoms with Gasteiger partial charge in [-0.3, -0.25) is 9.59 Å². The third kappa shape index (κ3) is 4.08. The van der Waals surface area contributed by atoms with Crippen LogP contribution >= 0.6 is 0 Å². The zero-order chi connectivity index (χ0) is 17.8. The highest BCUT2D eigenvalue weighted by Gasteiger charge is 2.36. The fourth-order valence-corrected chi connectivity index (χ4v) is 3.87. The average Bonchev–Trinajstić information content (AvgIpc) is 2.63. The highest BCUT2D eigenvalue weighted by Crippen LogP contribution is 2.29. The molecule has 0 radical (unpaired) electrons. The number of amides is 2. The molecule has 0 spiro atoms. The maximum absolute atomic E-state index is 13.0. The molecule has 1 aromatic heterocycles. The summed E-state index contributed by atoms with van der Waals surface area (Å²) in [7, 11) is 1.73. The van der Waals surface area contributed by atoms with Crippen LogP contribution in [0.1, 0.15) is 54.7 Å². The van der Waals surface area contributed by atoms with Crippen molar-refractivity contribution in [3.05, 3.63) is 17.5 Å². The van der Waals surface area contributed by atoms with Gasteiger partial charge in [0.15, 0.2) is 0 Å². The Labute approximate surface area is 148 Å². The number of nitrogens with zero attached hydrogens (tertiary/aromatic N) is 3. The van der Waals surface area contributed by atoms with E-state index < -0.39 is 6.04 Å². The molecule has 2 fully saturated rings. The van der Waals surface area contributed by atoms with Crippen molar-refractivity contribution in [2.24, 2.45) is 5.92 Å². The number of aromatic nitrogens is 2. The van der Waals surface area contributed by atoms with Crippen LogP contribution in [0.25, 0.3) is 0 Å². The van der Waals surface area contributed by atoms with Crippen molar-refractivity contribution in [2.75, 3.05) is 25.5 Å². The Hall–Kier alpha value is -2.18. The summed E-state index contributed by atoms with van der Waals surface area (Å²) in [5, 5.41) is 5.79. The minimum absolute atomic E-state index is 0.0372. The fourth-order valence-electron chi connectivity index (χ4n) is 3.87. The summed E-state index contributed by atoms with van der Waals surface area (Å²) >= 11 is 0. The summed E-state index contributed by atoms with van der Waals surface area (Å²) in [5.74, 6) is 0.731. The number of nitrogens with one attached hydrogen (secondary N) is 2. The van der Waals surface area contributed by atoms with Crippen LogP contribution < -0.4 is 10.6 Å². The molecule has 25 heavy (non-hydrogen) atoms. The molecule has 136 valence electrons. The first-order valence-electron chi connectivity index (χ1n) is 9.20. The second-order valence-electron chi connectivity index (χ2n) is 7.01. The zero-order valence-electron chi connectivity index (χ0n) is 15.0. The maximum atomic E-state index is 13.0. The molecule has 2 aliphatic rings. The van der Waals surface area contributed by atoms with Gasteiger partial charge in [0.05, 0.1) is 0 Å². The van der Waals surface area contributed by atoms with Crippen molar-refractivity contribution in [3.63, 3.8) is 0 Å². The van der Waals surface area contributed by atoms with E-state index >= 15 is 0 Å². The second kappa shape index (κ2) is 7.80. The Balaban J connectivity index is 1.80. The predicted octanol–water partition coefficient (Wildman–Crippen LogP) is 1.74. The quantitative estimate of drug-likeness (QED) is 0.868. The molecule has 1 saturated carbocycles. The normalized spacial score (nSPS) is 21.8. The number of carbonyl (C=O) groups excluding carboxylic acids is 2. The van der Waals surface area contributed by atoms with Crippen molar-refractivity contribution >= 4 is 17.8 Å². The first-order chi connectivity index (χ1) is 12.1. The molecule has 0 bridgehead atoms. The summed E-state index contributed by atoms with van der Waals surface area (Å²) in [6, 6.07) is 1.30. The molecule has 2 heterocycles. The molecular formula is C18H27N5O2. The first kappa shape index (κ1) is 17.6. The monoisotopic (exact) mass is 345 g/mol. The third-order valence-electron chi connectivity index (χ3n) is 5.17. The smallest absolute Gasteiger partial charge is 0.273 e. The highest BCUT2D eigenvalue weighted by atomic mass is 16.2. The summed E-state index contributed by atoms with van der Waals surface area (Å²) in [4.78, 5) is 35.7. The molecule has 1 atom stereocenters. The van der Waals surface area contributed by atoms with Gasteiger partial charge in [0.1, 0.15) is 11.7 Å². The van der Waals surface area contributed by atoms with Gasteiger partial charge in [0, 0.05) is 25.8 Å². The lowest BCUT2D eigenvalue weighted by Gasteiger charge is -2.37. The van der Waals surface area contributed by atoms with Gasteiger partial charge in [-0.05, 0) is 25.3 Å². The van der Waals surface area contributed by atoms with Crippen LogP contribution in [0.4, 0.5) is 5.95 Å². The largest absolute Gasteiger partial charge is 0.357 e. The molecule has 1 unspecified atom stereocenters. The second-order valence-corrected chi connectivity index (χ2v) is 7.01. The Morgan fingerprint density at radius 3 is 2.80 bits per heavy atom. The van der Waals surface area contributed by atoms with Crippen LogP contribution in [-0.2, 0) is 4.79 Å². The summed E-state index contributed by atoms with van der Waals surface area (Å²) in [6.45, 7) is 2.86. The minimum atomic E-state index is -0.391. The molecule has 1 aliphatic heterocycles. The lowest BCUT2D eigenvalue weighted by Crippen LogP contribution is -2.57. The van der Waals surface area contributed by atoms with Gasteiger partial charge >= 0.3 is 0 Å². The number of carbonyl (C=O) groups is 2. The lowest BCUT2D eigenvalue weighted by atomic mass is 9.84. The lowest BCUT2D eigenvalue weighted by molar-refractivity contribution is -0.128. The number of anilines is 1. The topological polar surface area (TPSA) is 87.2 Å². The van der Waals surface area contributed by atoms with Crippen molar-refractivity contribution in [3.8, 4) is 0 Å². The van der Waals surface area contributed by atoms with E-state index in [1.54, 1.807) is 18.0 Å². The molecule has 3 rings (SSSR count). The van der Waals surface area contributed by atoms with Crippen LogP contribution in [0.3, 0.4) is 0 Å². The van der Waals surface area contributed by atoms with Gasteiger partial charge in [-0.15, -0.1) is 0 Å². The van der Waals surface area contributed by atoms with Crippen LogP contribution in [0, 0.1) is 12.8 Å². The summed E-state index contributed by atoms with van der Waals surface area (Å²) in [5.41, 5.74) is 1.08. The van der Waals surface area contributed by atoms with Gasteiger partial charge in [-0.1, -0.05) is 32.1 Å². The minimum Gasteiger partial charge on any atom is -0.357 e. The van der Waals surface area contributed by atoms with Crippen molar-refractivity contribution in [2.45, 2.75) is 51.5 Å². The predicted molar refractivity (Wildman–Crippen MR) is 95.3 cm³/mol. The van der Waals surface area contributed by atoms with E-state index in [2.05, 4.69) is 20.6 Å². The van der Waals surface area contributed by atoms with Crippen molar-refractivity contribution < 1.29 is 9.59 Å². The Morgan fingerprint density at radius 2 is 2.08 bits per heavy atom. The average molecular weight is 345 g/mol. The Morgan fingerprint density at radius 1 is 1.32 bits per heavy atom. The van der Waals surface area contributed by atoms with E-state index in [9.17, 15) is 9.59 Å². The molecule has 7 heteroatoms. The standard InChI is InChI=1S/C18H27N5O2/c1-12-10-14(22-18(19-2)21-12)17(25)23-9-8-20-16(24)15(23)11-13-6-4-3-5-7-13/h10,13,15H,3-9,11H2,1-2H3,(H,20,24)(H,19,21,22). The van der Waals surface area contributed by atoms with Crippen LogP contribution in [-0.4, -0.2) is 52.9 Å². The number of hydrogen-bond acceptors (Lipinski definition) is 5. The zero-order valence-corrected chi connectivity index (χ0v) is 15.0. The molecule has 1 aromatic rings. The fraction of sp³-hybridized carbons (Fsp3) is 0.667. The SMILES string of the molecule is CNc1nc(C)cc(C(=O)N2CCNC(=O)C2CC2CCCCC2)n1. The van der Waals surface area contributed by atoms with E-state index in [1.807, 2.05) is 6.92 Å². The van der Waals surface area contributed by atoms with Gasteiger partial charge in [-0.2, -0.15) is 0 Å². The Kier molecular flexibility index (Phi) is 5.50. The number of piperazine rings is 1. The molecule has 1 aliphatic carbocycles. The van der Waals surface area contributed by atoms with E-state index in [0.29, 0.717) is 30.6 Å². The van der Waals surface area contributed by atoms with E-state index in [4.69, 9.17) is 0 Å². The van der Waals surface area contributed by atoms with Crippen LogP contribution in [0.5, 0.6) is 0 Å². The van der Waals surface area contributed by atoms with Gasteiger partial charge in [-0.25, -0.2) is 9.97 Å². The van der Waals surface area contributed by atoms with E-state index in [1.165, 1.54) is 19.3 Å². The van der Waals surface area contributed by atoms with E-state index in [0.717, 1.165) is 25.0 Å². The first-order valence-corrected chi connectivity index (χ1v) is 9.20. The van der Waals surface area contributed by atoms with Gasteiger partial charge < -0.3 is 15.5 Å². The molecule has 2 amide bonds. The molecular weight excluding hydrogens is 318 g/mol. The molecule has 1 saturated heterocycles. The highest BCUT2D eigenvalue weighted by molar-refractivity contribution is 5.97. The number of rotatable bonds is 4. The van der Waals surface area contributed by atoms with Crippen molar-refractivity contribution in [1.82, 2.24) is 20.2 Å². The van der Waals surface area contributed by atoms with Gasteiger partial charge in [0.25, 0.3) is 5.91 Å². The van der Waals surface area contributed by atoms with Crippen LogP contribution in [0.2, 0.25) is 0 Å². The molecule has 7 nitrogen and oxygen atoms in total.